The molecule has 1 aromatic heterocycles. The lowest BCUT2D eigenvalue weighted by atomic mass is 9.54. The summed E-state index contributed by atoms with van der Waals surface area (Å²) < 4.78 is 0. The maximum absolute atomic E-state index is 5.16. The minimum absolute atomic E-state index is 0.183. The second-order valence-electron chi connectivity index (χ2n) is 10.7. The van der Waals surface area contributed by atoms with Gasteiger partial charge >= 0.3 is 0 Å². The number of nitrogens with zero attached hydrogens (tertiary/aromatic N) is 1. The molecule has 0 radical (unpaired) electrons. The Labute approximate surface area is 177 Å². The van der Waals surface area contributed by atoms with Crippen molar-refractivity contribution in [2.45, 2.75) is 44.3 Å². The highest BCUT2D eigenvalue weighted by Crippen LogP contribution is 2.50. The molecule has 0 N–H and O–H groups in total. The second-order valence-corrected chi connectivity index (χ2v) is 15.1. The molecule has 6 heteroatoms. The highest BCUT2D eigenvalue weighted by Gasteiger charge is 2.36. The summed E-state index contributed by atoms with van der Waals surface area (Å²) in [7, 11) is 8.91. The highest BCUT2D eigenvalue weighted by atomic mass is 32.3. The largest absolute Gasteiger partial charge is 0.264 e. The van der Waals surface area contributed by atoms with Crippen LogP contribution in [0.1, 0.15) is 44.7 Å². The summed E-state index contributed by atoms with van der Waals surface area (Å²) in [5.41, 5.74) is 9.51. The van der Waals surface area contributed by atoms with Gasteiger partial charge in [0.1, 0.15) is 23.5 Å². The van der Waals surface area contributed by atoms with E-state index in [4.69, 9.17) is 4.98 Å². The van der Waals surface area contributed by atoms with Crippen molar-refractivity contribution in [2.75, 3.05) is 24.0 Å². The Morgan fingerprint density at radius 1 is 0.929 bits per heavy atom. The Morgan fingerprint density at radius 3 is 1.96 bits per heavy atom. The average Bonchev–Trinajstić information content (AvgIpc) is 2.60. The summed E-state index contributed by atoms with van der Waals surface area (Å²) in [6.45, 7) is 6.80. The van der Waals surface area contributed by atoms with Crippen molar-refractivity contribution in [3.63, 3.8) is 0 Å². The molecule has 1 saturated heterocycles. The summed E-state index contributed by atoms with van der Waals surface area (Å²) >= 11 is 0. The van der Waals surface area contributed by atoms with E-state index < -0.39 is 0 Å². The first-order valence-electron chi connectivity index (χ1n) is 10.6. The minimum Gasteiger partial charge on any atom is -0.264 e. The van der Waals surface area contributed by atoms with E-state index in [0.717, 1.165) is 5.69 Å². The lowest BCUT2D eigenvalue weighted by Crippen LogP contribution is -2.49. The van der Waals surface area contributed by atoms with Gasteiger partial charge in [-0.15, -0.1) is 0 Å². The first kappa shape index (κ1) is 21.7. The molecule has 3 rings (SSSR count). The van der Waals surface area contributed by atoms with Crippen LogP contribution in [0, 0.1) is 0 Å². The third-order valence-electron chi connectivity index (χ3n) is 6.97. The second kappa shape index (κ2) is 7.34. The predicted octanol–water partition coefficient (Wildman–Crippen LogP) is -0.492. The van der Waals surface area contributed by atoms with Gasteiger partial charge in [0.15, 0.2) is 7.85 Å². The SMILES string of the molecule is Bc1nc(-c2ccc(C(C)(C)C)cc2)c(B)c(B)c1C1(B)CCS(C)(C)CC1. The standard InChI is InChI=1S/C22H35B4NS/c1-21(2,3)15-8-6-14(7-9-15)19-18(24)17(23)16(20(25)27-19)22(26)10-12-28(4,5)13-11-22/h6-9H,10-13,23-26H2,1-5H3. The molecule has 1 aliphatic heterocycles. The van der Waals surface area contributed by atoms with Gasteiger partial charge in [-0.2, -0.15) is 0 Å². The van der Waals surface area contributed by atoms with E-state index >= 15 is 0 Å². The van der Waals surface area contributed by atoms with E-state index in [-0.39, 0.29) is 20.8 Å². The van der Waals surface area contributed by atoms with Gasteiger partial charge in [-0.1, -0.05) is 56.0 Å². The zero-order valence-electron chi connectivity index (χ0n) is 19.5. The summed E-state index contributed by atoms with van der Waals surface area (Å²) in [6, 6.07) is 9.04. The molecule has 146 valence electrons. The molecule has 28 heavy (non-hydrogen) atoms. The molecular weight excluding hydrogens is 354 g/mol. The van der Waals surface area contributed by atoms with Gasteiger partial charge in [-0.25, -0.2) is 10.0 Å². The molecule has 0 spiro atoms. The van der Waals surface area contributed by atoms with Crippen molar-refractivity contribution < 1.29 is 0 Å². The molecule has 1 nitrogen and oxygen atoms in total. The van der Waals surface area contributed by atoms with Gasteiger partial charge in [-0.3, -0.25) is 4.98 Å². The predicted molar refractivity (Wildman–Crippen MR) is 142 cm³/mol. The number of benzene rings is 1. The molecule has 0 amide bonds. The fourth-order valence-corrected chi connectivity index (χ4v) is 6.93. The van der Waals surface area contributed by atoms with Gasteiger partial charge in [0.25, 0.3) is 0 Å². The Morgan fingerprint density at radius 2 is 1.46 bits per heavy atom. The zero-order chi connectivity index (χ0) is 20.9. The van der Waals surface area contributed by atoms with Crippen LogP contribution in [0.4, 0.5) is 0 Å². The first-order chi connectivity index (χ1) is 12.8. The van der Waals surface area contributed by atoms with Crippen LogP contribution in [0.15, 0.2) is 24.3 Å². The molecule has 0 aliphatic carbocycles. The van der Waals surface area contributed by atoms with Crippen LogP contribution in [0.5, 0.6) is 0 Å². The Hall–Kier alpha value is -1.02. The summed E-state index contributed by atoms with van der Waals surface area (Å²) in [5.74, 6) is 2.77. The van der Waals surface area contributed by atoms with Crippen molar-refractivity contribution in [1.29, 1.82) is 0 Å². The molecule has 1 aliphatic rings. The first-order valence-corrected chi connectivity index (χ1v) is 13.4. The van der Waals surface area contributed by atoms with Crippen LogP contribution in [-0.4, -0.2) is 60.4 Å². The van der Waals surface area contributed by atoms with Crippen LogP contribution in [0.25, 0.3) is 11.3 Å². The normalized spacial score (nSPS) is 19.9. The average molecular weight is 389 g/mol. The fraction of sp³-hybridized carbons (Fsp3) is 0.500. The Balaban J connectivity index is 2.02. The van der Waals surface area contributed by atoms with E-state index in [9.17, 15) is 0 Å². The number of aromatic nitrogens is 1. The van der Waals surface area contributed by atoms with Crippen molar-refractivity contribution in [3.05, 3.63) is 35.4 Å². The molecule has 2 heterocycles. The Bertz CT molecular complexity index is 875. The monoisotopic (exact) mass is 389 g/mol. The van der Waals surface area contributed by atoms with Crippen LogP contribution in [-0.2, 0) is 10.7 Å². The molecular formula is C22H35B4NS. The van der Waals surface area contributed by atoms with E-state index in [1.165, 1.54) is 57.6 Å². The van der Waals surface area contributed by atoms with Gasteiger partial charge in [0.2, 0.25) is 0 Å². The van der Waals surface area contributed by atoms with Gasteiger partial charge < -0.3 is 0 Å². The van der Waals surface area contributed by atoms with Crippen molar-refractivity contribution in [1.82, 2.24) is 4.98 Å². The summed E-state index contributed by atoms with van der Waals surface area (Å²) in [5, 5.41) is 0.281. The number of hydrogen-bond acceptors (Lipinski definition) is 1. The van der Waals surface area contributed by atoms with Crippen LogP contribution < -0.4 is 16.5 Å². The number of rotatable bonds is 2. The van der Waals surface area contributed by atoms with Gasteiger partial charge in [0.05, 0.1) is 5.69 Å². The van der Waals surface area contributed by atoms with E-state index in [1.54, 1.807) is 0 Å². The topological polar surface area (TPSA) is 12.9 Å². The van der Waals surface area contributed by atoms with Crippen LogP contribution in [0.3, 0.4) is 0 Å². The highest BCUT2D eigenvalue weighted by molar-refractivity contribution is 8.32. The maximum atomic E-state index is 5.16. The lowest BCUT2D eigenvalue weighted by molar-refractivity contribution is 0.561. The maximum Gasteiger partial charge on any atom is 0.164 e. The molecule has 1 aromatic carbocycles. The Kier molecular flexibility index (Phi) is 5.69. The number of pyridine rings is 1. The van der Waals surface area contributed by atoms with Gasteiger partial charge in [0, 0.05) is 0 Å². The van der Waals surface area contributed by atoms with Crippen molar-refractivity contribution in [3.8, 4) is 11.3 Å². The molecule has 0 saturated carbocycles. The van der Waals surface area contributed by atoms with Crippen LogP contribution in [0.2, 0.25) is 0 Å². The third kappa shape index (κ3) is 4.13. The van der Waals surface area contributed by atoms with Crippen molar-refractivity contribution >= 4 is 57.9 Å². The molecule has 0 bridgehead atoms. The summed E-state index contributed by atoms with van der Waals surface area (Å²) in [4.78, 5) is 5.16. The van der Waals surface area contributed by atoms with E-state index in [1.807, 2.05) is 0 Å². The van der Waals surface area contributed by atoms with Crippen molar-refractivity contribution in [2.24, 2.45) is 0 Å². The van der Waals surface area contributed by atoms with Crippen LogP contribution >= 0.6 is 10.0 Å². The molecule has 0 unspecified atom stereocenters. The fourth-order valence-electron chi connectivity index (χ4n) is 4.72. The van der Waals surface area contributed by atoms with E-state index in [2.05, 4.69) is 88.9 Å². The summed E-state index contributed by atoms with van der Waals surface area (Å²) in [6.07, 6.45) is 7.61. The molecule has 1 fully saturated rings. The molecule has 2 aromatic rings. The zero-order valence-corrected chi connectivity index (χ0v) is 20.3. The smallest absolute Gasteiger partial charge is 0.164 e. The van der Waals surface area contributed by atoms with E-state index in [0.29, 0.717) is 0 Å². The minimum atomic E-state index is -0.385. The van der Waals surface area contributed by atoms with Gasteiger partial charge in [-0.05, 0) is 69.9 Å². The quantitative estimate of drug-likeness (QED) is 0.633. The lowest BCUT2D eigenvalue weighted by Gasteiger charge is -2.46. The third-order valence-corrected chi connectivity index (χ3v) is 9.59. The molecule has 0 atom stereocenters. The number of hydrogen-bond donors (Lipinski definition) is 0.